The average molecular weight is 722 g/mol. The van der Waals surface area contributed by atoms with E-state index in [1.165, 1.54) is 0 Å². The highest BCUT2D eigenvalue weighted by molar-refractivity contribution is 8.28. The zero-order chi connectivity index (χ0) is 59.9. The van der Waals surface area contributed by atoms with Gasteiger partial charge in [-0.05, 0) is 93.6 Å². The van der Waals surface area contributed by atoms with Gasteiger partial charge in [-0.15, -0.1) is 0 Å². The number of hydrogen-bond acceptors (Lipinski definition) is 2. The number of rotatable bonds is 3. The number of benzene rings is 8. The molecule has 3 nitrogen and oxygen atoms in total. The van der Waals surface area contributed by atoms with Crippen LogP contribution in [0.3, 0.4) is 0 Å². The molecule has 0 fully saturated rings. The van der Waals surface area contributed by atoms with Gasteiger partial charge in [0.05, 0.1) is 61.8 Å². The molecule has 0 bridgehead atoms. The Morgan fingerprint density at radius 2 is 1.02 bits per heavy atom. The van der Waals surface area contributed by atoms with Crippen molar-refractivity contribution < 1.29 is 44.5 Å². The van der Waals surface area contributed by atoms with Gasteiger partial charge in [0.2, 0.25) is 0 Å². The van der Waals surface area contributed by atoms with Crippen molar-refractivity contribution in [3.63, 3.8) is 0 Å². The van der Waals surface area contributed by atoms with Crippen LogP contribution < -0.4 is 15.7 Å². The third-order valence-electron chi connectivity index (χ3n) is 9.04. The smallest absolute Gasteiger partial charge is 0.289 e. The molecule has 0 atom stereocenters. The molecule has 0 saturated carbocycles. The molecular formula is C48H29BN2OS. The van der Waals surface area contributed by atoms with Crippen LogP contribution in [-0.4, -0.2) is 15.1 Å². The number of ether oxygens (including phenoxy) is 1. The first-order valence-electron chi connectivity index (χ1n) is 30.3. The molecule has 10 aromatic rings. The second kappa shape index (κ2) is 11.0. The van der Waals surface area contributed by atoms with Crippen molar-refractivity contribution in [2.75, 3.05) is 0 Å². The van der Waals surface area contributed by atoms with Gasteiger partial charge in [-0.3, -0.25) is 0 Å². The minimum Gasteiger partial charge on any atom is -0.458 e. The van der Waals surface area contributed by atoms with Gasteiger partial charge in [-0.25, -0.2) is 0 Å². The zero-order valence-corrected chi connectivity index (χ0v) is 27.1. The Hall–Kier alpha value is -6.43. The van der Waals surface area contributed by atoms with Crippen molar-refractivity contribution in [1.82, 2.24) is 9.13 Å². The fourth-order valence-electron chi connectivity index (χ4n) is 6.84. The summed E-state index contributed by atoms with van der Waals surface area (Å²) >= 11 is 0.662. The van der Waals surface area contributed by atoms with Crippen LogP contribution in [0.15, 0.2) is 180 Å². The Bertz CT molecular complexity index is 4670. The van der Waals surface area contributed by atoms with E-state index in [-0.39, 0.29) is 21.4 Å². The van der Waals surface area contributed by atoms with E-state index in [2.05, 4.69) is 0 Å². The number of nitrogens with zero attached hydrogens (tertiary/aromatic N) is 2. The second-order valence-electron chi connectivity index (χ2n) is 11.8. The van der Waals surface area contributed by atoms with Crippen LogP contribution in [0.1, 0.15) is 39.8 Å². The molecule has 0 unspecified atom stereocenters. The molecule has 0 aliphatic carbocycles. The van der Waals surface area contributed by atoms with Crippen LogP contribution in [-0.2, 0) is 0 Å². The Labute approximate surface area is 351 Å². The molecule has 4 heterocycles. The van der Waals surface area contributed by atoms with Crippen LogP contribution in [0.5, 0.6) is 11.5 Å². The lowest BCUT2D eigenvalue weighted by atomic mass is 9.57. The summed E-state index contributed by atoms with van der Waals surface area (Å²) in [6.45, 7) is 0. The van der Waals surface area contributed by atoms with E-state index in [9.17, 15) is 13.7 Å². The molecule has 5 heteroatoms. The van der Waals surface area contributed by atoms with E-state index in [0.29, 0.717) is 11.6 Å². The van der Waals surface area contributed by atoms with Crippen LogP contribution >= 0.6 is 11.6 Å². The highest BCUT2D eigenvalue weighted by atomic mass is 32.2. The molecule has 12 rings (SSSR count). The van der Waals surface area contributed by atoms with Crippen molar-refractivity contribution in [3.8, 4) is 45.1 Å². The lowest BCUT2D eigenvalue weighted by molar-refractivity contribution is 0.488. The minimum absolute atomic E-state index is 0.246. The Kier molecular flexibility index (Phi) is 2.69. The lowest BCUT2D eigenvalue weighted by Crippen LogP contribution is -2.46. The molecule has 53 heavy (non-hydrogen) atoms. The maximum atomic E-state index is 10.0. The van der Waals surface area contributed by atoms with E-state index in [1.54, 1.807) is 0 Å². The number of fused-ring (bicyclic) bond motifs is 10. The van der Waals surface area contributed by atoms with Gasteiger partial charge in [0.1, 0.15) is 11.5 Å². The van der Waals surface area contributed by atoms with Crippen molar-refractivity contribution in [2.24, 2.45) is 0 Å². The molecule has 2 aliphatic rings. The molecule has 0 N–H and O–H groups in total. The van der Waals surface area contributed by atoms with Gasteiger partial charge < -0.3 is 13.9 Å². The molecule has 0 amide bonds. The van der Waals surface area contributed by atoms with Crippen LogP contribution in [0, 0.1) is 0 Å². The summed E-state index contributed by atoms with van der Waals surface area (Å²) in [7, 11) is 0. The quantitative estimate of drug-likeness (QED) is 0.169. The fraction of sp³-hybridized carbons (Fsp3) is 0. The maximum Gasteiger partial charge on any atom is 0.289 e. The largest absolute Gasteiger partial charge is 0.458 e. The van der Waals surface area contributed by atoms with E-state index < -0.39 is 264 Å². The van der Waals surface area contributed by atoms with Gasteiger partial charge in [0, 0.05) is 43.9 Å². The summed E-state index contributed by atoms with van der Waals surface area (Å²) in [6.07, 6.45) is 0. The summed E-state index contributed by atoms with van der Waals surface area (Å²) in [5.41, 5.74) is -6.90. The highest BCUT2D eigenvalue weighted by Crippen LogP contribution is 2.45. The summed E-state index contributed by atoms with van der Waals surface area (Å²) in [5, 5.41) is -1.83. The van der Waals surface area contributed by atoms with Gasteiger partial charge in [0.15, 0.2) is 0 Å². The van der Waals surface area contributed by atoms with Gasteiger partial charge in [-0.2, -0.15) is 11.6 Å². The summed E-state index contributed by atoms with van der Waals surface area (Å²) in [4.78, 5) is -0.274. The van der Waals surface area contributed by atoms with Crippen molar-refractivity contribution in [3.05, 3.63) is 175 Å². The molecule has 246 valence electrons. The first-order chi connectivity index (χ1) is 38.4. The molecule has 2 aliphatic heterocycles. The SMILES string of the molecule is [2H]c1c([2H])c([2H])c2c(c1[2H])SB1c3c([2H])c([2H])c(-n4c5c([2H])c([2H])c([2H])c([2H])c5c5c([2H])c([2H])c([2H])c([2H])c54)c([2H])c3Oc3c([2H])c(-c4c([2H])c([2H])c([2H])c(-n5c6c([2H])c([2H])c([2H])c([2H])c6c6c([2H])c([2H])c([2H])c([2H])c65)c4[2H])c([2H])c-2c31. The zero-order valence-electron chi connectivity index (χ0n) is 55.3. The van der Waals surface area contributed by atoms with E-state index >= 15 is 0 Å². The minimum atomic E-state index is -1.53. The molecule has 0 saturated heterocycles. The first-order valence-corrected chi connectivity index (χ1v) is 16.6. The molecule has 0 spiro atoms. The standard InChI is InChI=1S/C48H29BN2OS/c1-6-19-41-34(14-1)35-15-2-7-20-42(35)50(41)32-13-11-12-30(26-32)31-27-39-38-18-5-10-23-47(38)53-49-40-25-24-33(29-45(40)52-46(28-31)48(39)49)51-43-21-8-3-16-36(43)37-17-4-9-22-44(37)51/h1-29H/i1D,2D,3D,4D,5D,6D,7D,8D,9D,10D,11D,12D,13D,14D,15D,16D,17D,18D,19D,20D,21D,22D,23D,24D,25D,26D,27D,28D,29D. The topological polar surface area (TPSA) is 19.1 Å². The lowest BCUT2D eigenvalue weighted by Gasteiger charge is -2.33. The Balaban J connectivity index is 1.24. The molecule has 2 aromatic heterocycles. The van der Waals surface area contributed by atoms with Crippen molar-refractivity contribution in [2.45, 2.75) is 4.90 Å². The van der Waals surface area contributed by atoms with E-state index in [0.717, 1.165) is 9.13 Å². The van der Waals surface area contributed by atoms with Gasteiger partial charge >= 0.3 is 0 Å². The highest BCUT2D eigenvalue weighted by Gasteiger charge is 2.39. The third kappa shape index (κ3) is 4.20. The Morgan fingerprint density at radius 1 is 0.453 bits per heavy atom. The van der Waals surface area contributed by atoms with Gasteiger partial charge in [0.25, 0.3) is 5.99 Å². The number of para-hydroxylation sites is 4. The summed E-state index contributed by atoms with van der Waals surface area (Å²) in [6, 6.07) is -24.6. The Morgan fingerprint density at radius 3 is 1.66 bits per heavy atom. The second-order valence-corrected chi connectivity index (χ2v) is 12.9. The monoisotopic (exact) mass is 721 g/mol. The number of aromatic nitrogens is 2. The van der Waals surface area contributed by atoms with Crippen LogP contribution in [0.4, 0.5) is 0 Å². The van der Waals surface area contributed by atoms with Crippen LogP contribution in [0.2, 0.25) is 0 Å². The maximum absolute atomic E-state index is 10.0. The summed E-state index contributed by atoms with van der Waals surface area (Å²) < 4.78 is 271. The average Bonchev–Trinajstić information content (AvgIpc) is 2.34. The van der Waals surface area contributed by atoms with Crippen molar-refractivity contribution in [1.29, 1.82) is 0 Å². The number of hydrogen-bond donors (Lipinski definition) is 0. The van der Waals surface area contributed by atoms with E-state index in [4.69, 9.17) is 30.8 Å². The fourth-order valence-corrected chi connectivity index (χ4v) is 8.09. The van der Waals surface area contributed by atoms with E-state index in [1.807, 2.05) is 0 Å². The van der Waals surface area contributed by atoms with Crippen molar-refractivity contribution >= 4 is 72.1 Å². The predicted molar refractivity (Wildman–Crippen MR) is 223 cm³/mol. The third-order valence-corrected chi connectivity index (χ3v) is 10.3. The molecule has 8 aromatic carbocycles. The predicted octanol–water partition coefficient (Wildman–Crippen LogP) is 11.5. The molecule has 0 radical (unpaired) electrons. The van der Waals surface area contributed by atoms with Crippen LogP contribution in [0.25, 0.3) is 77.2 Å². The normalized spacial score (nSPS) is 20.6. The first kappa shape index (κ1) is 12.9. The summed E-state index contributed by atoms with van der Waals surface area (Å²) in [5.74, 6) is -2.87. The molecular weight excluding hydrogens is 663 g/mol. The van der Waals surface area contributed by atoms with Gasteiger partial charge in [-0.1, -0.05) is 109 Å².